The lowest BCUT2D eigenvalue weighted by Gasteiger charge is -2.14. The monoisotopic (exact) mass is 316 g/mol. The van der Waals surface area contributed by atoms with Crippen molar-refractivity contribution in [2.45, 2.75) is 19.9 Å². The van der Waals surface area contributed by atoms with E-state index in [1.165, 1.54) is 11.3 Å². The van der Waals surface area contributed by atoms with Gasteiger partial charge in [-0.2, -0.15) is 5.06 Å². The van der Waals surface area contributed by atoms with E-state index in [0.29, 0.717) is 10.8 Å². The fourth-order valence-electron chi connectivity index (χ4n) is 1.65. The highest BCUT2D eigenvalue weighted by Crippen LogP contribution is 2.28. The minimum Gasteiger partial charge on any atom is -0.447 e. The number of carbonyl (C=O) groups is 1. The van der Waals surface area contributed by atoms with Crippen LogP contribution < -0.4 is 10.5 Å². The fourth-order valence-corrected chi connectivity index (χ4v) is 2.42. The summed E-state index contributed by atoms with van der Waals surface area (Å²) in [6.07, 6.45) is 0. The maximum absolute atomic E-state index is 10.8. The van der Waals surface area contributed by atoms with Crippen LogP contribution in [-0.2, 0) is 0 Å². The lowest BCUT2D eigenvalue weighted by molar-refractivity contribution is -0.0536. The summed E-state index contributed by atoms with van der Waals surface area (Å²) in [6, 6.07) is 7.61. The van der Waals surface area contributed by atoms with Gasteiger partial charge in [0.1, 0.15) is 11.8 Å². The molecule has 0 saturated carbocycles. The first-order valence-electron chi connectivity index (χ1n) is 6.58. The molecule has 0 spiro atoms. The summed E-state index contributed by atoms with van der Waals surface area (Å²) in [5.41, 5.74) is 6.84. The molecule has 1 aromatic heterocycles. The average molecular weight is 316 g/mol. The van der Waals surface area contributed by atoms with E-state index in [9.17, 15) is 10.0 Å². The number of hydrogen-bond donors (Lipinski definition) is 2. The maximum Gasteiger partial charge on any atom is 0.339 e. The van der Waals surface area contributed by atoms with E-state index < -0.39 is 12.1 Å². The number of urea groups is 1. The first-order valence-corrected chi connectivity index (χ1v) is 7.46. The van der Waals surface area contributed by atoms with Crippen LogP contribution in [0.3, 0.4) is 0 Å². The zero-order valence-corrected chi connectivity index (χ0v) is 13.1. The molecule has 0 fully saturated rings. The molecule has 114 valence electrons. The Balaban J connectivity index is 2.10. The number of benzene rings is 1. The number of amides is 2. The van der Waals surface area contributed by atoms with Crippen molar-refractivity contribution in [1.29, 1.82) is 0 Å². The van der Waals surface area contributed by atoms with Gasteiger partial charge in [-0.1, -0.05) is 17.9 Å². The van der Waals surface area contributed by atoms with E-state index in [2.05, 4.69) is 11.8 Å². The lowest BCUT2D eigenvalue weighted by atomic mass is 10.2. The average Bonchev–Trinajstić information content (AvgIpc) is 2.89. The molecule has 2 amide bonds. The van der Waals surface area contributed by atoms with E-state index in [1.54, 1.807) is 13.0 Å². The van der Waals surface area contributed by atoms with Crippen molar-refractivity contribution in [3.8, 4) is 22.7 Å². The fraction of sp³-hybridized carbons (Fsp3) is 0.188. The molecule has 1 heterocycles. The Morgan fingerprint density at radius 1 is 1.45 bits per heavy atom. The number of rotatable bonds is 3. The Morgan fingerprint density at radius 3 is 2.86 bits per heavy atom. The molecule has 0 saturated heterocycles. The van der Waals surface area contributed by atoms with Crippen molar-refractivity contribution in [3.05, 3.63) is 46.8 Å². The van der Waals surface area contributed by atoms with Crippen molar-refractivity contribution >= 4 is 17.4 Å². The van der Waals surface area contributed by atoms with Crippen LogP contribution >= 0.6 is 11.3 Å². The number of hydroxylamine groups is 2. The van der Waals surface area contributed by atoms with Gasteiger partial charge in [0, 0.05) is 5.56 Å². The first kappa shape index (κ1) is 15.9. The van der Waals surface area contributed by atoms with Crippen LogP contribution in [0.25, 0.3) is 0 Å². The molecule has 1 unspecified atom stereocenters. The van der Waals surface area contributed by atoms with E-state index in [-0.39, 0.29) is 0 Å². The molecular formula is C16H16N2O3S. The molecule has 6 heteroatoms. The summed E-state index contributed by atoms with van der Waals surface area (Å²) < 4.78 is 5.75. The van der Waals surface area contributed by atoms with Crippen LogP contribution in [0.2, 0.25) is 0 Å². The number of hydrogen-bond acceptors (Lipinski definition) is 4. The largest absolute Gasteiger partial charge is 0.447 e. The molecule has 0 aliphatic heterocycles. The lowest BCUT2D eigenvalue weighted by Crippen LogP contribution is -2.38. The molecular weight excluding hydrogens is 300 g/mol. The SMILES string of the molecule is Cc1csc(Oc2cccc(C#CC(C)N(O)C(N)=O)c2)c1. The van der Waals surface area contributed by atoms with Crippen LogP contribution in [0.4, 0.5) is 4.79 Å². The van der Waals surface area contributed by atoms with E-state index in [1.807, 2.05) is 36.6 Å². The number of primary amides is 1. The highest BCUT2D eigenvalue weighted by atomic mass is 32.1. The highest BCUT2D eigenvalue weighted by Gasteiger charge is 2.11. The van der Waals surface area contributed by atoms with Crippen LogP contribution in [0.5, 0.6) is 10.8 Å². The van der Waals surface area contributed by atoms with Crippen molar-refractivity contribution in [2.24, 2.45) is 5.73 Å². The van der Waals surface area contributed by atoms with Gasteiger partial charge in [-0.15, -0.1) is 11.3 Å². The Hall–Kier alpha value is -2.49. The van der Waals surface area contributed by atoms with Gasteiger partial charge < -0.3 is 10.5 Å². The van der Waals surface area contributed by atoms with Crippen LogP contribution in [0, 0.1) is 18.8 Å². The molecule has 0 aliphatic rings. The predicted octanol–water partition coefficient (Wildman–Crippen LogP) is 3.36. The van der Waals surface area contributed by atoms with Crippen LogP contribution in [0.1, 0.15) is 18.1 Å². The summed E-state index contributed by atoms with van der Waals surface area (Å²) in [5, 5.41) is 12.6. The third-order valence-corrected chi connectivity index (χ3v) is 3.70. The Kier molecular flexibility index (Phi) is 5.04. The predicted molar refractivity (Wildman–Crippen MR) is 85.1 cm³/mol. The number of thiophene rings is 1. The topological polar surface area (TPSA) is 75.8 Å². The second-order valence-corrected chi connectivity index (χ2v) is 5.57. The summed E-state index contributed by atoms with van der Waals surface area (Å²) in [5.74, 6) is 6.30. The van der Waals surface area contributed by atoms with Gasteiger partial charge in [0.15, 0.2) is 5.06 Å². The summed E-state index contributed by atoms with van der Waals surface area (Å²) >= 11 is 1.53. The van der Waals surface area contributed by atoms with Gasteiger partial charge in [-0.3, -0.25) is 5.21 Å². The molecule has 2 aromatic rings. The standard InChI is InChI=1S/C16H16N2O3S/c1-11-8-15(22-10-11)21-14-5-3-4-13(9-14)7-6-12(2)18(20)16(17)19/h3-5,8-10,12,20H,1-2H3,(H2,17,19). The third-order valence-electron chi connectivity index (χ3n) is 2.78. The van der Waals surface area contributed by atoms with Gasteiger partial charge in [-0.25, -0.2) is 4.79 Å². The van der Waals surface area contributed by atoms with Gasteiger partial charge in [0.25, 0.3) is 0 Å². The minimum absolute atomic E-state index is 0.391. The molecule has 1 aromatic carbocycles. The maximum atomic E-state index is 10.8. The highest BCUT2D eigenvalue weighted by molar-refractivity contribution is 7.12. The second-order valence-electron chi connectivity index (χ2n) is 4.70. The van der Waals surface area contributed by atoms with E-state index >= 15 is 0 Å². The smallest absolute Gasteiger partial charge is 0.339 e. The quantitative estimate of drug-likeness (QED) is 0.518. The zero-order chi connectivity index (χ0) is 16.1. The number of carbonyl (C=O) groups excluding carboxylic acids is 1. The molecule has 3 N–H and O–H groups in total. The molecule has 0 radical (unpaired) electrons. The zero-order valence-electron chi connectivity index (χ0n) is 12.2. The normalized spacial score (nSPS) is 11.2. The van der Waals surface area contributed by atoms with Crippen LogP contribution in [0.15, 0.2) is 35.7 Å². The van der Waals surface area contributed by atoms with Gasteiger partial charge in [-0.05, 0) is 49.1 Å². The molecule has 0 aliphatic carbocycles. The summed E-state index contributed by atoms with van der Waals surface area (Å²) in [6.45, 7) is 3.58. The Labute approximate surface area is 132 Å². The van der Waals surface area contributed by atoms with Gasteiger partial charge in [0.2, 0.25) is 0 Å². The number of nitrogens with two attached hydrogens (primary N) is 1. The third kappa shape index (κ3) is 4.25. The number of ether oxygens (including phenoxy) is 1. The van der Waals surface area contributed by atoms with Gasteiger partial charge in [0.05, 0.1) is 0 Å². The Morgan fingerprint density at radius 2 is 2.23 bits per heavy atom. The summed E-state index contributed by atoms with van der Waals surface area (Å²) in [7, 11) is 0. The van der Waals surface area contributed by atoms with Crippen molar-refractivity contribution < 1.29 is 14.7 Å². The van der Waals surface area contributed by atoms with Gasteiger partial charge >= 0.3 is 6.03 Å². The molecule has 1 atom stereocenters. The Bertz CT molecular complexity index is 730. The number of aryl methyl sites for hydroxylation is 1. The van der Waals surface area contributed by atoms with Crippen molar-refractivity contribution in [2.75, 3.05) is 0 Å². The molecule has 5 nitrogen and oxygen atoms in total. The molecule has 0 bridgehead atoms. The number of nitrogens with zero attached hydrogens (tertiary/aromatic N) is 1. The second kappa shape index (κ2) is 6.98. The van der Waals surface area contributed by atoms with E-state index in [4.69, 9.17) is 10.5 Å². The van der Waals surface area contributed by atoms with Crippen LogP contribution in [-0.4, -0.2) is 22.3 Å². The van der Waals surface area contributed by atoms with Crippen molar-refractivity contribution in [1.82, 2.24) is 5.06 Å². The summed E-state index contributed by atoms with van der Waals surface area (Å²) in [4.78, 5) is 10.8. The minimum atomic E-state index is -0.938. The van der Waals surface area contributed by atoms with Crippen molar-refractivity contribution in [3.63, 3.8) is 0 Å². The molecule has 2 rings (SSSR count). The molecule has 22 heavy (non-hydrogen) atoms. The van der Waals surface area contributed by atoms with E-state index in [0.717, 1.165) is 16.2 Å². The first-order chi connectivity index (χ1) is 10.5.